The van der Waals surface area contributed by atoms with Gasteiger partial charge >= 0.3 is 0 Å². The first-order chi connectivity index (χ1) is 15.6. The van der Waals surface area contributed by atoms with E-state index >= 15 is 0 Å². The van der Waals surface area contributed by atoms with Crippen molar-refractivity contribution in [2.24, 2.45) is 0 Å². The SMILES string of the molecule is CCN(CC)C(=O)CCCC(=O)NCc1ccccc1-c1ccc(CN2CCCC2)cc1. The smallest absolute Gasteiger partial charge is 0.222 e. The van der Waals surface area contributed by atoms with Crippen molar-refractivity contribution in [3.8, 4) is 11.1 Å². The molecule has 1 aliphatic rings. The minimum Gasteiger partial charge on any atom is -0.352 e. The molecule has 0 saturated carbocycles. The van der Waals surface area contributed by atoms with Crippen molar-refractivity contribution in [1.29, 1.82) is 0 Å². The summed E-state index contributed by atoms with van der Waals surface area (Å²) in [5.41, 5.74) is 4.77. The van der Waals surface area contributed by atoms with Crippen LogP contribution in [0.5, 0.6) is 0 Å². The third-order valence-electron chi connectivity index (χ3n) is 6.27. The molecule has 2 amide bonds. The molecular formula is C27H37N3O2. The maximum atomic E-state index is 12.3. The molecule has 0 atom stereocenters. The molecule has 0 aromatic heterocycles. The van der Waals surface area contributed by atoms with Crippen molar-refractivity contribution in [1.82, 2.24) is 15.1 Å². The van der Waals surface area contributed by atoms with Crippen LogP contribution in [0.15, 0.2) is 48.5 Å². The maximum Gasteiger partial charge on any atom is 0.222 e. The van der Waals surface area contributed by atoms with E-state index in [1.165, 1.54) is 37.1 Å². The summed E-state index contributed by atoms with van der Waals surface area (Å²) >= 11 is 0. The van der Waals surface area contributed by atoms with E-state index in [0.29, 0.717) is 25.8 Å². The molecule has 5 heteroatoms. The number of amides is 2. The lowest BCUT2D eigenvalue weighted by atomic mass is 9.98. The van der Waals surface area contributed by atoms with Gasteiger partial charge in [-0.25, -0.2) is 0 Å². The lowest BCUT2D eigenvalue weighted by Gasteiger charge is -2.18. The summed E-state index contributed by atoms with van der Waals surface area (Å²) in [6.45, 7) is 9.32. The van der Waals surface area contributed by atoms with E-state index in [2.05, 4.69) is 46.6 Å². The molecule has 2 aromatic carbocycles. The summed E-state index contributed by atoms with van der Waals surface area (Å²) in [5, 5.41) is 3.03. The van der Waals surface area contributed by atoms with Gasteiger partial charge in [-0.3, -0.25) is 14.5 Å². The zero-order chi connectivity index (χ0) is 22.8. The molecular weight excluding hydrogens is 398 g/mol. The first kappa shape index (κ1) is 24.0. The van der Waals surface area contributed by atoms with Crippen LogP contribution in [-0.4, -0.2) is 47.8 Å². The fourth-order valence-corrected chi connectivity index (χ4v) is 4.36. The summed E-state index contributed by atoms with van der Waals surface area (Å²) in [5.74, 6) is 0.120. The predicted octanol–water partition coefficient (Wildman–Crippen LogP) is 4.60. The Morgan fingerprint density at radius 2 is 1.62 bits per heavy atom. The normalized spacial score (nSPS) is 13.8. The van der Waals surface area contributed by atoms with Gasteiger partial charge in [-0.2, -0.15) is 0 Å². The second kappa shape index (κ2) is 12.4. The minimum absolute atomic E-state index is 0.00638. The van der Waals surface area contributed by atoms with Gasteiger partial charge in [0.1, 0.15) is 0 Å². The highest BCUT2D eigenvalue weighted by Crippen LogP contribution is 2.25. The highest BCUT2D eigenvalue weighted by atomic mass is 16.2. The number of nitrogens with zero attached hydrogens (tertiary/aromatic N) is 2. The second-order valence-electron chi connectivity index (χ2n) is 8.53. The standard InChI is InChI=1S/C27H37N3O2/c1-3-30(4-2)27(32)13-9-12-26(31)28-20-24-10-5-6-11-25(24)23-16-14-22(15-17-23)21-29-18-7-8-19-29/h5-6,10-11,14-17H,3-4,7-9,12-13,18-21H2,1-2H3,(H,28,31). The number of hydrogen-bond donors (Lipinski definition) is 1. The van der Waals surface area contributed by atoms with Gasteiger partial charge < -0.3 is 10.2 Å². The zero-order valence-electron chi connectivity index (χ0n) is 19.6. The van der Waals surface area contributed by atoms with Crippen LogP contribution in [0, 0.1) is 0 Å². The van der Waals surface area contributed by atoms with Crippen LogP contribution in [0.4, 0.5) is 0 Å². The summed E-state index contributed by atoms with van der Waals surface area (Å²) in [4.78, 5) is 28.7. The van der Waals surface area contributed by atoms with Crippen LogP contribution in [-0.2, 0) is 22.7 Å². The van der Waals surface area contributed by atoms with Crippen molar-refractivity contribution in [3.05, 3.63) is 59.7 Å². The van der Waals surface area contributed by atoms with E-state index in [-0.39, 0.29) is 11.8 Å². The Bertz CT molecular complexity index is 869. The van der Waals surface area contributed by atoms with Crippen LogP contribution >= 0.6 is 0 Å². The number of nitrogens with one attached hydrogen (secondary N) is 1. The number of rotatable bonds is 11. The first-order valence-corrected chi connectivity index (χ1v) is 12.0. The maximum absolute atomic E-state index is 12.3. The Labute approximate surface area is 192 Å². The Morgan fingerprint density at radius 1 is 0.938 bits per heavy atom. The number of benzene rings is 2. The average Bonchev–Trinajstić information content (AvgIpc) is 3.32. The van der Waals surface area contributed by atoms with E-state index in [1.54, 1.807) is 0 Å². The Hall–Kier alpha value is -2.66. The molecule has 0 aliphatic carbocycles. The molecule has 0 bridgehead atoms. The van der Waals surface area contributed by atoms with Gasteiger partial charge in [0.2, 0.25) is 11.8 Å². The van der Waals surface area contributed by atoms with Crippen LogP contribution in [0.25, 0.3) is 11.1 Å². The highest BCUT2D eigenvalue weighted by Gasteiger charge is 2.13. The highest BCUT2D eigenvalue weighted by molar-refractivity contribution is 5.79. The van der Waals surface area contributed by atoms with Gasteiger partial charge in [-0.15, -0.1) is 0 Å². The Kier molecular flexibility index (Phi) is 9.29. The summed E-state index contributed by atoms with van der Waals surface area (Å²) in [7, 11) is 0. The van der Waals surface area contributed by atoms with Crippen molar-refractivity contribution in [3.63, 3.8) is 0 Å². The lowest BCUT2D eigenvalue weighted by Crippen LogP contribution is -2.30. The van der Waals surface area contributed by atoms with E-state index in [0.717, 1.165) is 30.8 Å². The summed E-state index contributed by atoms with van der Waals surface area (Å²) < 4.78 is 0. The van der Waals surface area contributed by atoms with Crippen LogP contribution in [0.2, 0.25) is 0 Å². The molecule has 172 valence electrons. The second-order valence-corrected chi connectivity index (χ2v) is 8.53. The monoisotopic (exact) mass is 435 g/mol. The van der Waals surface area contributed by atoms with Gasteiger partial charge in [0.05, 0.1) is 0 Å². The van der Waals surface area contributed by atoms with Gasteiger partial charge in [0.15, 0.2) is 0 Å². The fraction of sp³-hybridized carbons (Fsp3) is 0.481. The zero-order valence-corrected chi connectivity index (χ0v) is 19.6. The van der Waals surface area contributed by atoms with E-state index < -0.39 is 0 Å². The van der Waals surface area contributed by atoms with Crippen LogP contribution in [0.1, 0.15) is 57.1 Å². The molecule has 5 nitrogen and oxygen atoms in total. The minimum atomic E-state index is -0.00638. The largest absolute Gasteiger partial charge is 0.352 e. The molecule has 0 radical (unpaired) electrons. The molecule has 0 spiro atoms. The molecule has 1 aliphatic heterocycles. The quantitative estimate of drug-likeness (QED) is 0.561. The van der Waals surface area contributed by atoms with Crippen molar-refractivity contribution >= 4 is 11.8 Å². The molecule has 1 N–H and O–H groups in total. The van der Waals surface area contributed by atoms with Crippen LogP contribution in [0.3, 0.4) is 0 Å². The molecule has 2 aromatic rings. The number of hydrogen-bond acceptors (Lipinski definition) is 3. The van der Waals surface area contributed by atoms with Gasteiger partial charge in [0, 0.05) is 39.0 Å². The molecule has 1 fully saturated rings. The van der Waals surface area contributed by atoms with Crippen molar-refractivity contribution in [2.45, 2.75) is 59.0 Å². The molecule has 32 heavy (non-hydrogen) atoms. The molecule has 1 heterocycles. The van der Waals surface area contributed by atoms with Gasteiger partial charge in [0.25, 0.3) is 0 Å². The third kappa shape index (κ3) is 6.92. The number of likely N-dealkylation sites (tertiary alicyclic amines) is 1. The van der Waals surface area contributed by atoms with E-state index in [1.807, 2.05) is 30.9 Å². The van der Waals surface area contributed by atoms with Crippen molar-refractivity contribution in [2.75, 3.05) is 26.2 Å². The molecule has 0 unspecified atom stereocenters. The van der Waals surface area contributed by atoms with Crippen LogP contribution < -0.4 is 5.32 Å². The number of carbonyl (C=O) groups is 2. The fourth-order valence-electron chi connectivity index (χ4n) is 4.36. The van der Waals surface area contributed by atoms with E-state index in [4.69, 9.17) is 0 Å². The van der Waals surface area contributed by atoms with Crippen molar-refractivity contribution < 1.29 is 9.59 Å². The molecule has 1 saturated heterocycles. The summed E-state index contributed by atoms with van der Waals surface area (Å²) in [6, 6.07) is 17.0. The first-order valence-electron chi connectivity index (χ1n) is 12.0. The Balaban J connectivity index is 1.51. The van der Waals surface area contributed by atoms with Gasteiger partial charge in [-0.1, -0.05) is 48.5 Å². The Morgan fingerprint density at radius 3 is 2.31 bits per heavy atom. The van der Waals surface area contributed by atoms with E-state index in [9.17, 15) is 9.59 Å². The topological polar surface area (TPSA) is 52.7 Å². The lowest BCUT2D eigenvalue weighted by molar-refractivity contribution is -0.131. The molecule has 3 rings (SSSR count). The average molecular weight is 436 g/mol. The third-order valence-corrected chi connectivity index (χ3v) is 6.27. The summed E-state index contributed by atoms with van der Waals surface area (Å²) in [6.07, 6.45) is 4.00. The predicted molar refractivity (Wildman–Crippen MR) is 130 cm³/mol. The number of carbonyl (C=O) groups excluding carboxylic acids is 2. The van der Waals surface area contributed by atoms with Gasteiger partial charge in [-0.05, 0) is 68.5 Å².